The van der Waals surface area contributed by atoms with Crippen LogP contribution in [0.15, 0.2) is 24.3 Å². The predicted molar refractivity (Wildman–Crippen MR) is 95.6 cm³/mol. The van der Waals surface area contributed by atoms with Gasteiger partial charge in [-0.05, 0) is 37.0 Å². The zero-order valence-corrected chi connectivity index (χ0v) is 15.2. The van der Waals surface area contributed by atoms with Gasteiger partial charge in [0.15, 0.2) is 0 Å². The van der Waals surface area contributed by atoms with Crippen molar-refractivity contribution in [3.05, 3.63) is 29.8 Å². The second-order valence-electron chi connectivity index (χ2n) is 7.47. The summed E-state index contributed by atoms with van der Waals surface area (Å²) >= 11 is 0. The Kier molecular flexibility index (Phi) is 4.85. The van der Waals surface area contributed by atoms with Crippen LogP contribution in [0.5, 0.6) is 5.75 Å². The highest BCUT2D eigenvalue weighted by Gasteiger charge is 2.42. The Hall–Kier alpha value is -2.08. The highest BCUT2D eigenvalue weighted by atomic mass is 16.5. The average Bonchev–Trinajstić information content (AvgIpc) is 3.52. The van der Waals surface area contributed by atoms with Crippen molar-refractivity contribution < 1.29 is 19.1 Å². The van der Waals surface area contributed by atoms with Gasteiger partial charge >= 0.3 is 0 Å². The Morgan fingerprint density at radius 2 is 1.96 bits per heavy atom. The summed E-state index contributed by atoms with van der Waals surface area (Å²) in [5, 5.41) is 0. The van der Waals surface area contributed by atoms with Crippen molar-refractivity contribution in [2.24, 2.45) is 11.8 Å². The summed E-state index contributed by atoms with van der Waals surface area (Å²) in [7, 11) is 1.64. The summed E-state index contributed by atoms with van der Waals surface area (Å²) in [6.45, 7) is 2.92. The average molecular weight is 358 g/mol. The second-order valence-corrected chi connectivity index (χ2v) is 7.47. The van der Waals surface area contributed by atoms with E-state index in [0.717, 1.165) is 24.2 Å². The van der Waals surface area contributed by atoms with Gasteiger partial charge in [-0.25, -0.2) is 0 Å². The third kappa shape index (κ3) is 3.56. The molecule has 3 fully saturated rings. The van der Waals surface area contributed by atoms with Gasteiger partial charge in [-0.15, -0.1) is 0 Å². The van der Waals surface area contributed by atoms with Crippen LogP contribution >= 0.6 is 0 Å². The molecule has 2 saturated heterocycles. The fraction of sp³-hybridized carbons (Fsp3) is 0.600. The number of piperidine rings is 1. The summed E-state index contributed by atoms with van der Waals surface area (Å²) < 4.78 is 11.2. The quantitative estimate of drug-likeness (QED) is 0.822. The van der Waals surface area contributed by atoms with E-state index in [0.29, 0.717) is 39.2 Å². The maximum Gasteiger partial charge on any atom is 0.228 e. The zero-order valence-electron chi connectivity index (χ0n) is 15.2. The molecular formula is C20H26N2O4. The van der Waals surface area contributed by atoms with E-state index in [9.17, 15) is 9.59 Å². The molecule has 140 valence electrons. The molecule has 26 heavy (non-hydrogen) atoms. The number of ether oxygens (including phenoxy) is 2. The molecule has 2 aliphatic heterocycles. The lowest BCUT2D eigenvalue weighted by Gasteiger charge is -2.37. The van der Waals surface area contributed by atoms with E-state index >= 15 is 0 Å². The van der Waals surface area contributed by atoms with Crippen molar-refractivity contribution in [3.63, 3.8) is 0 Å². The minimum Gasteiger partial charge on any atom is -0.497 e. The first-order chi connectivity index (χ1) is 12.7. The van der Waals surface area contributed by atoms with Gasteiger partial charge in [0.1, 0.15) is 5.75 Å². The van der Waals surface area contributed by atoms with Crippen LogP contribution in [0.1, 0.15) is 24.8 Å². The van der Waals surface area contributed by atoms with E-state index in [1.165, 1.54) is 0 Å². The maximum atomic E-state index is 13.0. The summed E-state index contributed by atoms with van der Waals surface area (Å²) in [4.78, 5) is 29.2. The monoisotopic (exact) mass is 358 g/mol. The second kappa shape index (κ2) is 7.27. The third-order valence-electron chi connectivity index (χ3n) is 5.65. The molecule has 0 N–H and O–H groups in total. The van der Waals surface area contributed by atoms with Gasteiger partial charge in [-0.2, -0.15) is 0 Å². The Bertz CT molecular complexity index is 671. The number of hydrogen-bond acceptors (Lipinski definition) is 4. The smallest absolute Gasteiger partial charge is 0.228 e. The number of methoxy groups -OCH3 is 1. The minimum atomic E-state index is -0.167. The van der Waals surface area contributed by atoms with Crippen LogP contribution in [-0.2, 0) is 20.9 Å². The van der Waals surface area contributed by atoms with Gasteiger partial charge in [-0.1, -0.05) is 12.1 Å². The van der Waals surface area contributed by atoms with Crippen LogP contribution in [0, 0.1) is 11.8 Å². The topological polar surface area (TPSA) is 59.1 Å². The number of amides is 2. The molecule has 0 radical (unpaired) electrons. The van der Waals surface area contributed by atoms with Crippen molar-refractivity contribution in [3.8, 4) is 5.75 Å². The van der Waals surface area contributed by atoms with E-state index < -0.39 is 0 Å². The van der Waals surface area contributed by atoms with Crippen LogP contribution in [0.4, 0.5) is 0 Å². The van der Waals surface area contributed by atoms with Gasteiger partial charge in [-0.3, -0.25) is 9.59 Å². The molecule has 0 unspecified atom stereocenters. The molecular weight excluding hydrogens is 332 g/mol. The van der Waals surface area contributed by atoms with Gasteiger partial charge in [0.2, 0.25) is 11.8 Å². The van der Waals surface area contributed by atoms with E-state index in [-0.39, 0.29) is 29.8 Å². The Morgan fingerprint density at radius 1 is 1.19 bits per heavy atom. The molecule has 2 atom stereocenters. The molecule has 1 saturated carbocycles. The number of carbonyl (C=O) groups excluding carboxylic acids is 2. The summed E-state index contributed by atoms with van der Waals surface area (Å²) in [5.41, 5.74) is 1.08. The van der Waals surface area contributed by atoms with Gasteiger partial charge < -0.3 is 19.3 Å². The summed E-state index contributed by atoms with van der Waals surface area (Å²) in [6.07, 6.45) is 2.55. The number of rotatable bonds is 4. The molecule has 2 amide bonds. The van der Waals surface area contributed by atoms with Gasteiger partial charge in [0.05, 0.1) is 25.7 Å². The standard InChI is InChI=1S/C20H26N2O4/c1-25-16-6-2-14(3-7-16)12-22-10-11-26-18-13-21(19(23)15-4-5-15)9-8-17(18)20(22)24/h2-3,6-7,15,17-18H,4-5,8-13H2,1H3/t17-,18+/m1/s1. The lowest BCUT2D eigenvalue weighted by Crippen LogP contribution is -2.51. The fourth-order valence-electron chi connectivity index (χ4n) is 3.92. The van der Waals surface area contributed by atoms with E-state index in [1.807, 2.05) is 34.1 Å². The van der Waals surface area contributed by atoms with Crippen molar-refractivity contribution in [1.29, 1.82) is 0 Å². The van der Waals surface area contributed by atoms with Crippen molar-refractivity contribution >= 4 is 11.8 Å². The summed E-state index contributed by atoms with van der Waals surface area (Å²) in [6, 6.07) is 7.82. The highest BCUT2D eigenvalue weighted by molar-refractivity contribution is 5.83. The van der Waals surface area contributed by atoms with E-state index in [4.69, 9.17) is 9.47 Å². The molecule has 3 aliphatic rings. The SMILES string of the molecule is COc1ccc(CN2CCO[C@H]3CN(C(=O)C4CC4)CC[C@H]3C2=O)cc1. The van der Waals surface area contributed by atoms with E-state index in [2.05, 4.69) is 0 Å². The number of benzene rings is 1. The number of hydrogen-bond donors (Lipinski definition) is 0. The highest BCUT2D eigenvalue weighted by Crippen LogP contribution is 2.34. The largest absolute Gasteiger partial charge is 0.497 e. The maximum absolute atomic E-state index is 13.0. The Morgan fingerprint density at radius 3 is 2.65 bits per heavy atom. The van der Waals surface area contributed by atoms with Crippen LogP contribution in [0.2, 0.25) is 0 Å². The molecule has 0 bridgehead atoms. The molecule has 1 aromatic rings. The predicted octanol–water partition coefficient (Wildman–Crippen LogP) is 1.68. The Balaban J connectivity index is 1.41. The molecule has 0 aromatic heterocycles. The van der Waals surface area contributed by atoms with Gasteiger partial charge in [0, 0.05) is 32.1 Å². The molecule has 6 nitrogen and oxygen atoms in total. The normalized spacial score (nSPS) is 26.3. The van der Waals surface area contributed by atoms with Gasteiger partial charge in [0.25, 0.3) is 0 Å². The first kappa shape index (κ1) is 17.3. The van der Waals surface area contributed by atoms with Crippen LogP contribution < -0.4 is 4.74 Å². The number of carbonyl (C=O) groups is 2. The number of fused-ring (bicyclic) bond motifs is 1. The molecule has 6 heteroatoms. The molecule has 1 aromatic carbocycles. The van der Waals surface area contributed by atoms with Crippen molar-refractivity contribution in [2.45, 2.75) is 31.9 Å². The third-order valence-corrected chi connectivity index (χ3v) is 5.65. The number of likely N-dealkylation sites (tertiary alicyclic amines) is 1. The van der Waals surface area contributed by atoms with Crippen LogP contribution in [0.3, 0.4) is 0 Å². The lowest BCUT2D eigenvalue weighted by molar-refractivity contribution is -0.146. The van der Waals surface area contributed by atoms with Crippen molar-refractivity contribution in [2.75, 3.05) is 33.4 Å². The molecule has 1 aliphatic carbocycles. The van der Waals surface area contributed by atoms with E-state index in [1.54, 1.807) is 7.11 Å². The summed E-state index contributed by atoms with van der Waals surface area (Å²) in [5.74, 6) is 1.30. The van der Waals surface area contributed by atoms with Crippen LogP contribution in [-0.4, -0.2) is 61.1 Å². The molecule has 2 heterocycles. The first-order valence-corrected chi connectivity index (χ1v) is 9.48. The zero-order chi connectivity index (χ0) is 18.1. The fourth-order valence-corrected chi connectivity index (χ4v) is 3.92. The first-order valence-electron chi connectivity index (χ1n) is 9.48. The Labute approximate surface area is 154 Å². The lowest BCUT2D eigenvalue weighted by atomic mass is 9.92. The molecule has 0 spiro atoms. The van der Waals surface area contributed by atoms with Crippen LogP contribution in [0.25, 0.3) is 0 Å². The molecule has 4 rings (SSSR count). The number of nitrogens with zero attached hydrogens (tertiary/aromatic N) is 2. The van der Waals surface area contributed by atoms with Crippen molar-refractivity contribution in [1.82, 2.24) is 9.80 Å². The minimum absolute atomic E-state index is 0.140.